The van der Waals surface area contributed by atoms with Gasteiger partial charge in [-0.15, -0.1) is 0 Å². The van der Waals surface area contributed by atoms with Gasteiger partial charge in [0.2, 0.25) is 0 Å². The van der Waals surface area contributed by atoms with Crippen LogP contribution in [-0.2, 0) is 13.2 Å². The zero-order valence-electron chi connectivity index (χ0n) is 12.5. The van der Waals surface area contributed by atoms with Gasteiger partial charge in [0.15, 0.2) is 11.5 Å². The third kappa shape index (κ3) is 3.57. The van der Waals surface area contributed by atoms with E-state index >= 15 is 0 Å². The summed E-state index contributed by atoms with van der Waals surface area (Å²) in [6.45, 7) is 5.10. The Morgan fingerprint density at radius 2 is 2.14 bits per heavy atom. The van der Waals surface area contributed by atoms with Crippen molar-refractivity contribution in [3.8, 4) is 11.5 Å². The van der Waals surface area contributed by atoms with Crippen LogP contribution in [0.2, 0.25) is 0 Å². The molecule has 1 aromatic heterocycles. The van der Waals surface area contributed by atoms with E-state index in [4.69, 9.17) is 15.2 Å². The Morgan fingerprint density at radius 1 is 1.38 bits per heavy atom. The lowest BCUT2D eigenvalue weighted by molar-refractivity contribution is 0.271. The first kappa shape index (κ1) is 15.9. The molecule has 2 aromatic rings. The molecule has 1 heterocycles. The van der Waals surface area contributed by atoms with Gasteiger partial charge in [0, 0.05) is 12.6 Å². The van der Waals surface area contributed by atoms with Gasteiger partial charge in [-0.25, -0.2) is 4.98 Å². The van der Waals surface area contributed by atoms with Crippen molar-refractivity contribution in [3.05, 3.63) is 40.4 Å². The van der Waals surface area contributed by atoms with Gasteiger partial charge in [0.25, 0.3) is 0 Å². The molecule has 0 unspecified atom stereocenters. The molecule has 0 bridgehead atoms. The first-order valence-corrected chi connectivity index (χ1v) is 7.56. The zero-order chi connectivity index (χ0) is 15.4. The van der Waals surface area contributed by atoms with Crippen LogP contribution >= 0.6 is 15.9 Å². The highest BCUT2D eigenvalue weighted by Crippen LogP contribution is 2.37. The predicted octanol–water partition coefficient (Wildman–Crippen LogP) is 3.27. The molecule has 0 amide bonds. The number of hydrogen-bond donors (Lipinski definition) is 1. The number of nitrogens with two attached hydrogens (primary N) is 1. The Kier molecular flexibility index (Phi) is 5.25. The zero-order valence-corrected chi connectivity index (χ0v) is 14.1. The van der Waals surface area contributed by atoms with Crippen molar-refractivity contribution in [1.82, 2.24) is 9.55 Å². The maximum atomic E-state index is 5.92. The molecule has 0 atom stereocenters. The maximum Gasteiger partial charge on any atom is 0.175 e. The number of benzene rings is 1. The standard InChI is InChI=1S/C15H20BrN3O2/c1-10(2)19-9-18-7-12(19)8-21-15-13(16)4-11(6-17)5-14(15)20-3/h4-5,7,9-10H,6,8,17H2,1-3H3. The van der Waals surface area contributed by atoms with Gasteiger partial charge in [-0.1, -0.05) is 0 Å². The second-order valence-corrected chi connectivity index (χ2v) is 5.84. The van der Waals surface area contributed by atoms with Crippen molar-refractivity contribution in [3.63, 3.8) is 0 Å². The second kappa shape index (κ2) is 6.95. The summed E-state index contributed by atoms with van der Waals surface area (Å²) in [6, 6.07) is 4.17. The van der Waals surface area contributed by atoms with Crippen LogP contribution in [0.25, 0.3) is 0 Å². The van der Waals surface area contributed by atoms with Crippen molar-refractivity contribution in [2.45, 2.75) is 33.0 Å². The van der Waals surface area contributed by atoms with E-state index in [1.165, 1.54) is 0 Å². The lowest BCUT2D eigenvalue weighted by Gasteiger charge is -2.16. The van der Waals surface area contributed by atoms with Crippen molar-refractivity contribution in [2.75, 3.05) is 7.11 Å². The molecule has 114 valence electrons. The van der Waals surface area contributed by atoms with E-state index in [2.05, 4.69) is 39.3 Å². The molecule has 0 aliphatic heterocycles. The number of nitrogens with zero attached hydrogens (tertiary/aromatic N) is 2. The number of hydrogen-bond acceptors (Lipinski definition) is 4. The summed E-state index contributed by atoms with van der Waals surface area (Å²) < 4.78 is 14.2. The number of aromatic nitrogens is 2. The minimum absolute atomic E-state index is 0.344. The molecule has 0 saturated carbocycles. The average Bonchev–Trinajstić information content (AvgIpc) is 2.93. The lowest BCUT2D eigenvalue weighted by atomic mass is 10.2. The van der Waals surface area contributed by atoms with Crippen molar-refractivity contribution in [2.24, 2.45) is 5.73 Å². The SMILES string of the molecule is COc1cc(CN)cc(Br)c1OCc1cncn1C(C)C. The number of ether oxygens (including phenoxy) is 2. The molecular weight excluding hydrogens is 334 g/mol. The fourth-order valence-corrected chi connectivity index (χ4v) is 2.69. The van der Waals surface area contributed by atoms with Crippen LogP contribution in [0.5, 0.6) is 11.5 Å². The molecule has 0 spiro atoms. The first-order chi connectivity index (χ1) is 10.1. The summed E-state index contributed by atoms with van der Waals surface area (Å²) in [5.74, 6) is 1.34. The third-order valence-corrected chi connectivity index (χ3v) is 3.78. The van der Waals surface area contributed by atoms with Crippen LogP contribution in [0.4, 0.5) is 0 Å². The van der Waals surface area contributed by atoms with Crippen molar-refractivity contribution in [1.29, 1.82) is 0 Å². The summed E-state index contributed by atoms with van der Waals surface area (Å²) in [4.78, 5) is 4.17. The Bertz CT molecular complexity index is 611. The average molecular weight is 354 g/mol. The minimum atomic E-state index is 0.344. The molecule has 5 nitrogen and oxygen atoms in total. The van der Waals surface area contributed by atoms with Gasteiger partial charge in [-0.3, -0.25) is 0 Å². The summed E-state index contributed by atoms with van der Waals surface area (Å²) in [5.41, 5.74) is 7.67. The Balaban J connectivity index is 2.21. The molecule has 0 fully saturated rings. The summed E-state index contributed by atoms with van der Waals surface area (Å²) in [7, 11) is 1.62. The van der Waals surface area contributed by atoms with E-state index in [0.29, 0.717) is 30.7 Å². The van der Waals surface area contributed by atoms with Crippen LogP contribution in [0, 0.1) is 0 Å². The van der Waals surface area contributed by atoms with E-state index < -0.39 is 0 Å². The van der Waals surface area contributed by atoms with Gasteiger partial charge < -0.3 is 19.8 Å². The number of halogens is 1. The van der Waals surface area contributed by atoms with Crippen LogP contribution in [0.3, 0.4) is 0 Å². The largest absolute Gasteiger partial charge is 0.493 e. The van der Waals surface area contributed by atoms with Crippen LogP contribution < -0.4 is 15.2 Å². The molecule has 0 aliphatic rings. The van der Waals surface area contributed by atoms with E-state index in [0.717, 1.165) is 15.7 Å². The van der Waals surface area contributed by atoms with Crippen LogP contribution in [-0.4, -0.2) is 16.7 Å². The van der Waals surface area contributed by atoms with E-state index in [1.807, 2.05) is 24.7 Å². The smallest absolute Gasteiger partial charge is 0.175 e. The van der Waals surface area contributed by atoms with Crippen molar-refractivity contribution >= 4 is 15.9 Å². The number of imidazole rings is 1. The third-order valence-electron chi connectivity index (χ3n) is 3.19. The van der Waals surface area contributed by atoms with Crippen LogP contribution in [0.15, 0.2) is 29.1 Å². The minimum Gasteiger partial charge on any atom is -0.493 e. The van der Waals surface area contributed by atoms with E-state index in [9.17, 15) is 0 Å². The molecular formula is C15H20BrN3O2. The molecule has 2 rings (SSSR count). The summed E-state index contributed by atoms with van der Waals surface area (Å²) >= 11 is 3.51. The molecule has 0 radical (unpaired) electrons. The molecule has 0 aliphatic carbocycles. The highest BCUT2D eigenvalue weighted by atomic mass is 79.9. The fraction of sp³-hybridized carbons (Fsp3) is 0.400. The van der Waals surface area contributed by atoms with Crippen LogP contribution in [0.1, 0.15) is 31.1 Å². The maximum absolute atomic E-state index is 5.92. The van der Waals surface area contributed by atoms with Gasteiger partial charge in [-0.2, -0.15) is 0 Å². The quantitative estimate of drug-likeness (QED) is 0.865. The molecule has 21 heavy (non-hydrogen) atoms. The number of methoxy groups -OCH3 is 1. The summed E-state index contributed by atoms with van der Waals surface area (Å²) in [5, 5.41) is 0. The fourth-order valence-electron chi connectivity index (χ4n) is 2.09. The number of rotatable bonds is 6. The Hall–Kier alpha value is -1.53. The van der Waals surface area contributed by atoms with Gasteiger partial charge >= 0.3 is 0 Å². The second-order valence-electron chi connectivity index (χ2n) is 4.99. The molecule has 0 saturated heterocycles. The van der Waals surface area contributed by atoms with Gasteiger partial charge in [0.1, 0.15) is 6.61 Å². The first-order valence-electron chi connectivity index (χ1n) is 6.76. The van der Waals surface area contributed by atoms with Gasteiger partial charge in [-0.05, 0) is 47.5 Å². The Labute approximate surface area is 133 Å². The highest BCUT2D eigenvalue weighted by Gasteiger charge is 2.13. The summed E-state index contributed by atoms with van der Waals surface area (Å²) in [6.07, 6.45) is 3.63. The Morgan fingerprint density at radius 3 is 2.76 bits per heavy atom. The topological polar surface area (TPSA) is 62.3 Å². The molecule has 6 heteroatoms. The normalized spacial score (nSPS) is 11.0. The predicted molar refractivity (Wildman–Crippen MR) is 85.5 cm³/mol. The van der Waals surface area contributed by atoms with E-state index in [-0.39, 0.29) is 0 Å². The highest BCUT2D eigenvalue weighted by molar-refractivity contribution is 9.10. The molecule has 1 aromatic carbocycles. The van der Waals surface area contributed by atoms with Gasteiger partial charge in [0.05, 0.1) is 29.8 Å². The van der Waals surface area contributed by atoms with E-state index in [1.54, 1.807) is 7.11 Å². The molecule has 2 N–H and O–H groups in total. The lowest BCUT2D eigenvalue weighted by Crippen LogP contribution is -2.08. The monoisotopic (exact) mass is 353 g/mol. The van der Waals surface area contributed by atoms with Crippen molar-refractivity contribution < 1.29 is 9.47 Å².